The van der Waals surface area contributed by atoms with Gasteiger partial charge in [0.05, 0.1) is 6.42 Å². The first-order valence-electron chi connectivity index (χ1n) is 4.81. The van der Waals surface area contributed by atoms with E-state index in [4.69, 9.17) is 5.11 Å². The lowest BCUT2D eigenvalue weighted by Crippen LogP contribution is -2.50. The predicted molar refractivity (Wildman–Crippen MR) is 61.8 cm³/mol. The zero-order chi connectivity index (χ0) is 12.8. The molecule has 0 rings (SSSR count). The van der Waals surface area contributed by atoms with Crippen molar-refractivity contribution in [2.45, 2.75) is 25.8 Å². The third-order valence-corrected chi connectivity index (χ3v) is 2.50. The van der Waals surface area contributed by atoms with Crippen LogP contribution in [0.3, 0.4) is 0 Å². The molecule has 0 aliphatic carbocycles. The Morgan fingerprint density at radius 3 is 2.38 bits per heavy atom. The molecule has 0 saturated carbocycles. The quantitative estimate of drug-likeness (QED) is 0.614. The van der Waals surface area contributed by atoms with Crippen molar-refractivity contribution in [2.24, 2.45) is 0 Å². The van der Waals surface area contributed by atoms with E-state index in [1.54, 1.807) is 20.1 Å². The molecule has 0 aliphatic heterocycles. The van der Waals surface area contributed by atoms with Crippen LogP contribution in [-0.4, -0.2) is 45.4 Å². The second-order valence-corrected chi connectivity index (χ2v) is 5.67. The summed E-state index contributed by atoms with van der Waals surface area (Å²) in [5.41, 5.74) is -0.804. The van der Waals surface area contributed by atoms with Gasteiger partial charge in [0.2, 0.25) is 0 Å². The third kappa shape index (κ3) is 8.22. The van der Waals surface area contributed by atoms with Gasteiger partial charge in [0.25, 0.3) is 0 Å². The van der Waals surface area contributed by atoms with Crippen LogP contribution < -0.4 is 10.6 Å². The predicted octanol–water partition coefficient (Wildman–Crippen LogP) is -0.0826. The summed E-state index contributed by atoms with van der Waals surface area (Å²) in [6, 6.07) is -0.447. The molecule has 1 unspecified atom stereocenters. The Morgan fingerprint density at radius 2 is 1.94 bits per heavy atom. The lowest BCUT2D eigenvalue weighted by Gasteiger charge is -2.24. The van der Waals surface area contributed by atoms with Crippen molar-refractivity contribution in [3.63, 3.8) is 0 Å². The van der Waals surface area contributed by atoms with Gasteiger partial charge in [0, 0.05) is 34.9 Å². The van der Waals surface area contributed by atoms with Crippen molar-refractivity contribution in [1.82, 2.24) is 10.6 Å². The normalized spacial score (nSPS) is 12.9. The number of carboxylic acid groups (broad SMARTS) is 1. The molecule has 6 nitrogen and oxygen atoms in total. The van der Waals surface area contributed by atoms with Crippen molar-refractivity contribution in [3.05, 3.63) is 0 Å². The molecule has 3 N–H and O–H groups in total. The first-order chi connectivity index (χ1) is 7.23. The number of nitrogens with one attached hydrogen (secondary N) is 2. The zero-order valence-corrected chi connectivity index (χ0v) is 10.5. The minimum absolute atomic E-state index is 0.153. The van der Waals surface area contributed by atoms with E-state index >= 15 is 0 Å². The number of urea groups is 1. The van der Waals surface area contributed by atoms with Gasteiger partial charge in [-0.2, -0.15) is 0 Å². The SMILES string of the molecule is CS(=O)CCNC(=O)NC(C)(C)CC(=O)O. The monoisotopic (exact) mass is 250 g/mol. The smallest absolute Gasteiger partial charge is 0.315 e. The summed E-state index contributed by atoms with van der Waals surface area (Å²) in [5.74, 6) is -0.591. The summed E-state index contributed by atoms with van der Waals surface area (Å²) in [4.78, 5) is 21.8. The standard InChI is InChI=1S/C9H18N2O4S/c1-9(2,6-7(12)13)11-8(14)10-4-5-16(3)15/h4-6H2,1-3H3,(H,12,13)(H2,10,11,14). The van der Waals surface area contributed by atoms with Gasteiger partial charge >= 0.3 is 12.0 Å². The Morgan fingerprint density at radius 1 is 1.38 bits per heavy atom. The van der Waals surface area contributed by atoms with Gasteiger partial charge < -0.3 is 15.7 Å². The molecule has 0 aromatic heterocycles. The highest BCUT2D eigenvalue weighted by molar-refractivity contribution is 7.84. The summed E-state index contributed by atoms with van der Waals surface area (Å²) in [7, 11) is -0.951. The molecular weight excluding hydrogens is 232 g/mol. The summed E-state index contributed by atoms with van der Waals surface area (Å²) in [6.07, 6.45) is 1.40. The Labute approximate surface area is 97.3 Å². The van der Waals surface area contributed by atoms with Crippen molar-refractivity contribution in [1.29, 1.82) is 0 Å². The fourth-order valence-electron chi connectivity index (χ4n) is 1.08. The lowest BCUT2D eigenvalue weighted by atomic mass is 10.0. The van der Waals surface area contributed by atoms with Crippen LogP contribution in [0.2, 0.25) is 0 Å². The van der Waals surface area contributed by atoms with Crippen LogP contribution in [0.1, 0.15) is 20.3 Å². The topological polar surface area (TPSA) is 95.5 Å². The van der Waals surface area contributed by atoms with Crippen LogP contribution in [0.4, 0.5) is 4.79 Å². The molecule has 0 aromatic rings. The molecule has 0 saturated heterocycles. The first-order valence-corrected chi connectivity index (χ1v) is 6.53. The average molecular weight is 250 g/mol. The van der Waals surface area contributed by atoms with Crippen molar-refractivity contribution < 1.29 is 18.9 Å². The van der Waals surface area contributed by atoms with E-state index in [0.717, 1.165) is 0 Å². The van der Waals surface area contributed by atoms with E-state index in [9.17, 15) is 13.8 Å². The maximum Gasteiger partial charge on any atom is 0.315 e. The molecule has 0 heterocycles. The molecule has 0 bridgehead atoms. The Hall–Kier alpha value is -1.11. The van der Waals surface area contributed by atoms with Gasteiger partial charge in [-0.1, -0.05) is 0 Å². The Balaban J connectivity index is 3.94. The van der Waals surface area contributed by atoms with E-state index in [1.165, 1.54) is 0 Å². The van der Waals surface area contributed by atoms with Gasteiger partial charge in [-0.25, -0.2) is 4.79 Å². The number of carbonyl (C=O) groups is 2. The largest absolute Gasteiger partial charge is 0.481 e. The van der Waals surface area contributed by atoms with Crippen LogP contribution >= 0.6 is 0 Å². The maximum absolute atomic E-state index is 11.3. The maximum atomic E-state index is 11.3. The molecule has 0 spiro atoms. The highest BCUT2D eigenvalue weighted by atomic mass is 32.2. The fourth-order valence-corrected chi connectivity index (χ4v) is 1.47. The number of aliphatic carboxylic acids is 1. The Kier molecular flexibility index (Phi) is 6.02. The van der Waals surface area contributed by atoms with Crippen molar-refractivity contribution in [2.75, 3.05) is 18.6 Å². The third-order valence-electron chi connectivity index (χ3n) is 1.72. The summed E-state index contributed by atoms with van der Waals surface area (Å²) >= 11 is 0. The fraction of sp³-hybridized carbons (Fsp3) is 0.778. The Bertz CT molecular complexity index is 291. The van der Waals surface area contributed by atoms with E-state index < -0.39 is 28.3 Å². The second kappa shape index (κ2) is 6.47. The van der Waals surface area contributed by atoms with Crippen LogP contribution in [0.25, 0.3) is 0 Å². The van der Waals surface area contributed by atoms with Gasteiger partial charge in [-0.05, 0) is 13.8 Å². The molecule has 16 heavy (non-hydrogen) atoms. The summed E-state index contributed by atoms with van der Waals surface area (Å²) < 4.78 is 10.7. The van der Waals surface area contributed by atoms with Crippen molar-refractivity contribution >= 4 is 22.8 Å². The van der Waals surface area contributed by atoms with E-state index in [0.29, 0.717) is 12.3 Å². The molecule has 0 radical (unpaired) electrons. The first kappa shape index (κ1) is 14.9. The van der Waals surface area contributed by atoms with Crippen LogP contribution in [0, 0.1) is 0 Å². The number of hydrogen-bond acceptors (Lipinski definition) is 3. The van der Waals surface area contributed by atoms with Crippen LogP contribution in [0.5, 0.6) is 0 Å². The molecule has 0 aliphatic rings. The average Bonchev–Trinajstić information content (AvgIpc) is 1.98. The molecule has 94 valence electrons. The van der Waals surface area contributed by atoms with Crippen molar-refractivity contribution in [3.8, 4) is 0 Å². The summed E-state index contributed by atoms with van der Waals surface area (Å²) in [5, 5.41) is 13.6. The van der Waals surface area contributed by atoms with Crippen LogP contribution in [-0.2, 0) is 15.6 Å². The number of hydrogen-bond donors (Lipinski definition) is 3. The summed E-state index contributed by atoms with van der Waals surface area (Å²) in [6.45, 7) is 3.55. The minimum atomic E-state index is -0.972. The molecule has 1 atom stereocenters. The zero-order valence-electron chi connectivity index (χ0n) is 9.70. The molecule has 0 fully saturated rings. The lowest BCUT2D eigenvalue weighted by molar-refractivity contribution is -0.138. The van der Waals surface area contributed by atoms with E-state index in [1.807, 2.05) is 0 Å². The molecule has 0 aromatic carbocycles. The van der Waals surface area contributed by atoms with E-state index in [-0.39, 0.29) is 6.42 Å². The van der Waals surface area contributed by atoms with Gasteiger partial charge in [0.1, 0.15) is 0 Å². The molecular formula is C9H18N2O4S. The van der Waals surface area contributed by atoms with E-state index in [2.05, 4.69) is 10.6 Å². The molecule has 7 heteroatoms. The highest BCUT2D eigenvalue weighted by Crippen LogP contribution is 2.07. The van der Waals surface area contributed by atoms with Crippen LogP contribution in [0.15, 0.2) is 0 Å². The number of rotatable bonds is 6. The second-order valence-electron chi connectivity index (χ2n) is 4.11. The molecule has 2 amide bonds. The number of carboxylic acids is 1. The van der Waals surface area contributed by atoms with Gasteiger partial charge in [0.15, 0.2) is 0 Å². The number of carbonyl (C=O) groups excluding carboxylic acids is 1. The van der Waals surface area contributed by atoms with Gasteiger partial charge in [-0.3, -0.25) is 9.00 Å². The number of amides is 2. The minimum Gasteiger partial charge on any atom is -0.481 e. The highest BCUT2D eigenvalue weighted by Gasteiger charge is 2.23. The van der Waals surface area contributed by atoms with Gasteiger partial charge in [-0.15, -0.1) is 0 Å².